The van der Waals surface area contributed by atoms with Gasteiger partial charge in [0.2, 0.25) is 0 Å². The minimum Gasteiger partial charge on any atom is -0.399 e. The number of thioether (sulfide) groups is 1. The molecule has 0 bridgehead atoms. The van der Waals surface area contributed by atoms with Crippen molar-refractivity contribution < 1.29 is 0 Å². The van der Waals surface area contributed by atoms with Crippen LogP contribution in [0.2, 0.25) is 0 Å². The zero-order valence-corrected chi connectivity index (χ0v) is 10.1. The molecule has 1 nitrogen and oxygen atoms in total. The summed E-state index contributed by atoms with van der Waals surface area (Å²) in [6, 6.07) is 8.40. The summed E-state index contributed by atoms with van der Waals surface area (Å²) < 4.78 is 0. The Morgan fingerprint density at radius 3 is 2.40 bits per heavy atom. The second kappa shape index (κ2) is 4.93. The molecule has 1 saturated heterocycles. The van der Waals surface area contributed by atoms with Crippen LogP contribution in [-0.2, 0) is 0 Å². The average molecular weight is 221 g/mol. The summed E-state index contributed by atoms with van der Waals surface area (Å²) in [6.07, 6.45) is 2.74. The van der Waals surface area contributed by atoms with Gasteiger partial charge in [0.1, 0.15) is 0 Å². The number of rotatable bonds is 2. The molecule has 1 atom stereocenters. The van der Waals surface area contributed by atoms with E-state index in [9.17, 15) is 0 Å². The summed E-state index contributed by atoms with van der Waals surface area (Å²) in [5.41, 5.74) is 8.01. The van der Waals surface area contributed by atoms with E-state index in [1.54, 1.807) is 0 Å². The summed E-state index contributed by atoms with van der Waals surface area (Å²) in [7, 11) is 0. The molecule has 1 unspecified atom stereocenters. The van der Waals surface area contributed by atoms with Crippen molar-refractivity contribution in [3.8, 4) is 0 Å². The lowest BCUT2D eigenvalue weighted by atomic mass is 9.84. The Balaban J connectivity index is 2.05. The van der Waals surface area contributed by atoms with Crippen LogP contribution < -0.4 is 5.73 Å². The van der Waals surface area contributed by atoms with Crippen LogP contribution in [0, 0.1) is 5.92 Å². The van der Waals surface area contributed by atoms with Crippen LogP contribution in [0.5, 0.6) is 0 Å². The van der Waals surface area contributed by atoms with Crippen LogP contribution in [0.1, 0.15) is 31.2 Å². The van der Waals surface area contributed by atoms with Gasteiger partial charge in [0, 0.05) is 5.69 Å². The normalized spacial score (nSPS) is 20.1. The molecule has 1 fully saturated rings. The zero-order valence-electron chi connectivity index (χ0n) is 9.28. The van der Waals surface area contributed by atoms with Crippen LogP contribution in [0.25, 0.3) is 0 Å². The first-order valence-electron chi connectivity index (χ1n) is 5.70. The maximum absolute atomic E-state index is 5.70. The molecule has 0 aliphatic carbocycles. The Kier molecular flexibility index (Phi) is 3.57. The lowest BCUT2D eigenvalue weighted by Crippen LogP contribution is -2.16. The molecule has 0 amide bonds. The molecule has 15 heavy (non-hydrogen) atoms. The summed E-state index contributed by atoms with van der Waals surface area (Å²) in [5, 5.41) is 0. The molecule has 2 rings (SSSR count). The van der Waals surface area contributed by atoms with Crippen molar-refractivity contribution in [1.29, 1.82) is 0 Å². The third-order valence-corrected chi connectivity index (χ3v) is 4.48. The quantitative estimate of drug-likeness (QED) is 0.773. The van der Waals surface area contributed by atoms with E-state index in [1.165, 1.54) is 29.9 Å². The fraction of sp³-hybridized carbons (Fsp3) is 0.538. The van der Waals surface area contributed by atoms with Crippen molar-refractivity contribution in [2.75, 3.05) is 17.2 Å². The molecule has 1 heterocycles. The largest absolute Gasteiger partial charge is 0.399 e. The molecule has 1 aliphatic rings. The number of anilines is 1. The van der Waals surface area contributed by atoms with Crippen molar-refractivity contribution in [2.45, 2.75) is 25.7 Å². The second-order valence-electron chi connectivity index (χ2n) is 4.41. The van der Waals surface area contributed by atoms with Gasteiger partial charge in [0.15, 0.2) is 0 Å². The summed E-state index contributed by atoms with van der Waals surface area (Å²) in [5.74, 6) is 4.23. The molecule has 1 aromatic rings. The van der Waals surface area contributed by atoms with E-state index in [0.29, 0.717) is 5.92 Å². The van der Waals surface area contributed by atoms with E-state index >= 15 is 0 Å². The predicted molar refractivity (Wildman–Crippen MR) is 69.3 cm³/mol. The third-order valence-electron chi connectivity index (χ3n) is 3.44. The highest BCUT2D eigenvalue weighted by Crippen LogP contribution is 2.34. The standard InChI is InChI=1S/C13H19NS/c1-10(12-6-8-15-9-7-12)11-2-4-13(14)5-3-11/h2-5,10,12H,6-9,14H2,1H3. The first-order chi connectivity index (χ1) is 7.27. The van der Waals surface area contributed by atoms with E-state index in [2.05, 4.69) is 30.8 Å². The maximum atomic E-state index is 5.70. The molecule has 0 radical (unpaired) electrons. The van der Waals surface area contributed by atoms with Gasteiger partial charge >= 0.3 is 0 Å². The smallest absolute Gasteiger partial charge is 0.0314 e. The van der Waals surface area contributed by atoms with Crippen LogP contribution in [-0.4, -0.2) is 11.5 Å². The average Bonchev–Trinajstić information content (AvgIpc) is 2.30. The van der Waals surface area contributed by atoms with Crippen molar-refractivity contribution in [3.05, 3.63) is 29.8 Å². The van der Waals surface area contributed by atoms with Gasteiger partial charge in [-0.05, 0) is 53.9 Å². The van der Waals surface area contributed by atoms with E-state index in [0.717, 1.165) is 11.6 Å². The van der Waals surface area contributed by atoms with Gasteiger partial charge in [0.25, 0.3) is 0 Å². The molecule has 1 aliphatic heterocycles. The van der Waals surface area contributed by atoms with Crippen LogP contribution >= 0.6 is 11.8 Å². The summed E-state index contributed by atoms with van der Waals surface area (Å²) >= 11 is 2.09. The monoisotopic (exact) mass is 221 g/mol. The number of nitrogens with two attached hydrogens (primary N) is 1. The molecule has 0 aromatic heterocycles. The van der Waals surface area contributed by atoms with Crippen LogP contribution in [0.15, 0.2) is 24.3 Å². The summed E-state index contributed by atoms with van der Waals surface area (Å²) in [6.45, 7) is 2.35. The van der Waals surface area contributed by atoms with E-state index in [4.69, 9.17) is 5.73 Å². The molecule has 82 valence electrons. The van der Waals surface area contributed by atoms with Gasteiger partial charge in [0.05, 0.1) is 0 Å². The van der Waals surface area contributed by atoms with Gasteiger partial charge in [-0.3, -0.25) is 0 Å². The minimum atomic E-state index is 0.687. The maximum Gasteiger partial charge on any atom is 0.0314 e. The van der Waals surface area contributed by atoms with Crippen LogP contribution in [0.3, 0.4) is 0 Å². The highest BCUT2D eigenvalue weighted by molar-refractivity contribution is 7.99. The van der Waals surface area contributed by atoms with Crippen LogP contribution in [0.4, 0.5) is 5.69 Å². The van der Waals surface area contributed by atoms with Crippen molar-refractivity contribution in [2.24, 2.45) is 5.92 Å². The molecule has 1 aromatic carbocycles. The molecular weight excluding hydrogens is 202 g/mol. The highest BCUT2D eigenvalue weighted by atomic mass is 32.2. The topological polar surface area (TPSA) is 26.0 Å². The van der Waals surface area contributed by atoms with Gasteiger partial charge in [-0.15, -0.1) is 0 Å². The van der Waals surface area contributed by atoms with E-state index < -0.39 is 0 Å². The molecule has 0 saturated carbocycles. The predicted octanol–water partition coefficient (Wildman–Crippen LogP) is 3.52. The fourth-order valence-electron chi connectivity index (χ4n) is 2.29. The van der Waals surface area contributed by atoms with Gasteiger partial charge in [-0.1, -0.05) is 19.1 Å². The number of hydrogen-bond acceptors (Lipinski definition) is 2. The van der Waals surface area contributed by atoms with Gasteiger partial charge in [-0.2, -0.15) is 11.8 Å². The first kappa shape index (κ1) is 10.9. The van der Waals surface area contributed by atoms with Gasteiger partial charge in [-0.25, -0.2) is 0 Å². The Bertz CT molecular complexity index is 301. The number of nitrogen functional groups attached to an aromatic ring is 1. The lowest BCUT2D eigenvalue weighted by Gasteiger charge is -2.27. The second-order valence-corrected chi connectivity index (χ2v) is 5.63. The number of benzene rings is 1. The highest BCUT2D eigenvalue weighted by Gasteiger charge is 2.21. The Morgan fingerprint density at radius 1 is 1.20 bits per heavy atom. The lowest BCUT2D eigenvalue weighted by molar-refractivity contribution is 0.417. The Labute approximate surface area is 96.4 Å². The fourth-order valence-corrected chi connectivity index (χ4v) is 3.43. The van der Waals surface area contributed by atoms with Crippen molar-refractivity contribution >= 4 is 17.4 Å². The van der Waals surface area contributed by atoms with E-state index in [1.807, 2.05) is 12.1 Å². The van der Waals surface area contributed by atoms with Crippen molar-refractivity contribution in [3.63, 3.8) is 0 Å². The first-order valence-corrected chi connectivity index (χ1v) is 6.86. The third kappa shape index (κ3) is 2.69. The van der Waals surface area contributed by atoms with Gasteiger partial charge < -0.3 is 5.73 Å². The molecule has 2 N–H and O–H groups in total. The van der Waals surface area contributed by atoms with E-state index in [-0.39, 0.29) is 0 Å². The minimum absolute atomic E-state index is 0.687. The summed E-state index contributed by atoms with van der Waals surface area (Å²) in [4.78, 5) is 0. The van der Waals surface area contributed by atoms with Crippen molar-refractivity contribution in [1.82, 2.24) is 0 Å². The SMILES string of the molecule is CC(c1ccc(N)cc1)C1CCSCC1. The Morgan fingerprint density at radius 2 is 1.80 bits per heavy atom. The molecular formula is C13H19NS. The molecule has 2 heteroatoms. The zero-order chi connectivity index (χ0) is 10.7. The molecule has 0 spiro atoms. The number of hydrogen-bond donors (Lipinski definition) is 1. The Hall–Kier alpha value is -0.630.